The summed E-state index contributed by atoms with van der Waals surface area (Å²) in [7, 11) is 0. The van der Waals surface area contributed by atoms with Crippen molar-refractivity contribution in [2.75, 3.05) is 6.61 Å². The lowest BCUT2D eigenvalue weighted by atomic mass is 9.94. The summed E-state index contributed by atoms with van der Waals surface area (Å²) in [5, 5.41) is 28.6. The minimum atomic E-state index is -1.46. The molecule has 7 heteroatoms. The lowest BCUT2D eigenvalue weighted by Crippen LogP contribution is -2.33. The number of carbonyl (C=O) groups is 2. The number of cyclic esters (lactones) is 1. The third-order valence-electron chi connectivity index (χ3n) is 4.80. The standard InChI is InChI=1S/C21H34O7/c1-13(2)7-5-8-14(3)9-6-10-15(4)11-17(23)27-12-16(22)20-18(24)19(25)21(26)28-20/h11,13-14,16,20,22,24-25H,5-10,12H2,1-4H3/b15-11+. The summed E-state index contributed by atoms with van der Waals surface area (Å²) >= 11 is 0. The van der Waals surface area contributed by atoms with E-state index in [1.807, 2.05) is 6.92 Å². The van der Waals surface area contributed by atoms with Gasteiger partial charge in [-0.1, -0.05) is 52.0 Å². The molecule has 1 heterocycles. The summed E-state index contributed by atoms with van der Waals surface area (Å²) in [5.41, 5.74) is 0.890. The molecular formula is C21H34O7. The van der Waals surface area contributed by atoms with E-state index in [4.69, 9.17) is 4.74 Å². The van der Waals surface area contributed by atoms with Crippen molar-refractivity contribution in [3.8, 4) is 0 Å². The molecule has 0 aromatic rings. The van der Waals surface area contributed by atoms with E-state index in [1.54, 1.807) is 0 Å². The number of aliphatic hydroxyl groups excluding tert-OH is 3. The number of hydrogen-bond donors (Lipinski definition) is 3. The Kier molecular flexibility index (Phi) is 10.1. The second kappa shape index (κ2) is 11.7. The van der Waals surface area contributed by atoms with Crippen LogP contribution in [0.25, 0.3) is 0 Å². The fraction of sp³-hybridized carbons (Fsp3) is 0.714. The lowest BCUT2D eigenvalue weighted by Gasteiger charge is -2.16. The summed E-state index contributed by atoms with van der Waals surface area (Å²) in [4.78, 5) is 22.9. The Morgan fingerprint density at radius 3 is 2.39 bits per heavy atom. The fourth-order valence-corrected chi connectivity index (χ4v) is 3.05. The van der Waals surface area contributed by atoms with E-state index < -0.39 is 42.3 Å². The molecular weight excluding hydrogens is 364 g/mol. The van der Waals surface area contributed by atoms with Crippen molar-refractivity contribution >= 4 is 11.9 Å². The maximum atomic E-state index is 11.8. The molecule has 160 valence electrons. The van der Waals surface area contributed by atoms with Crippen LogP contribution in [0.3, 0.4) is 0 Å². The Bertz CT molecular complexity index is 592. The van der Waals surface area contributed by atoms with Crippen molar-refractivity contribution in [1.82, 2.24) is 0 Å². The molecule has 3 N–H and O–H groups in total. The maximum Gasteiger partial charge on any atom is 0.377 e. The molecule has 0 radical (unpaired) electrons. The van der Waals surface area contributed by atoms with Crippen molar-refractivity contribution in [2.24, 2.45) is 11.8 Å². The molecule has 0 amide bonds. The van der Waals surface area contributed by atoms with Crippen LogP contribution in [0.15, 0.2) is 23.2 Å². The molecule has 1 rings (SSSR count). The molecule has 0 aromatic carbocycles. The summed E-state index contributed by atoms with van der Waals surface area (Å²) < 4.78 is 9.54. The predicted octanol–water partition coefficient (Wildman–Crippen LogP) is 3.72. The van der Waals surface area contributed by atoms with Gasteiger partial charge in [0, 0.05) is 6.08 Å². The number of ether oxygens (including phenoxy) is 2. The van der Waals surface area contributed by atoms with Crippen molar-refractivity contribution in [3.05, 3.63) is 23.2 Å². The zero-order chi connectivity index (χ0) is 21.3. The molecule has 0 bridgehead atoms. The van der Waals surface area contributed by atoms with Crippen molar-refractivity contribution < 1.29 is 34.4 Å². The normalized spacial score (nSPS) is 19.7. The highest BCUT2D eigenvalue weighted by atomic mass is 16.6. The van der Waals surface area contributed by atoms with Gasteiger partial charge >= 0.3 is 11.9 Å². The number of hydrogen-bond acceptors (Lipinski definition) is 7. The Labute approximate surface area is 167 Å². The van der Waals surface area contributed by atoms with Crippen LogP contribution in [0, 0.1) is 11.8 Å². The van der Waals surface area contributed by atoms with Gasteiger partial charge in [-0.3, -0.25) is 0 Å². The second-order valence-electron chi connectivity index (χ2n) is 8.07. The molecule has 1 aliphatic heterocycles. The molecule has 0 saturated carbocycles. The maximum absolute atomic E-state index is 11.8. The van der Waals surface area contributed by atoms with Gasteiger partial charge in [-0.25, -0.2) is 9.59 Å². The average molecular weight is 398 g/mol. The largest absolute Gasteiger partial charge is 0.505 e. The summed E-state index contributed by atoms with van der Waals surface area (Å²) in [6.45, 7) is 8.12. The van der Waals surface area contributed by atoms with E-state index in [1.165, 1.54) is 25.3 Å². The highest BCUT2D eigenvalue weighted by molar-refractivity contribution is 5.89. The first-order chi connectivity index (χ1) is 13.1. The fourth-order valence-electron chi connectivity index (χ4n) is 3.05. The number of aliphatic hydroxyl groups is 3. The molecule has 0 aromatic heterocycles. The van der Waals surface area contributed by atoms with E-state index in [0.29, 0.717) is 5.92 Å². The van der Waals surface area contributed by atoms with Gasteiger partial charge in [-0.05, 0) is 31.6 Å². The van der Waals surface area contributed by atoms with Crippen LogP contribution in [-0.2, 0) is 19.1 Å². The number of carbonyl (C=O) groups excluding carboxylic acids is 2. The topological polar surface area (TPSA) is 113 Å². The van der Waals surface area contributed by atoms with Gasteiger partial charge in [0.15, 0.2) is 11.9 Å². The van der Waals surface area contributed by atoms with Crippen LogP contribution < -0.4 is 0 Å². The number of esters is 2. The van der Waals surface area contributed by atoms with E-state index in [2.05, 4.69) is 25.5 Å². The highest BCUT2D eigenvalue weighted by Gasteiger charge is 2.39. The van der Waals surface area contributed by atoms with E-state index in [0.717, 1.165) is 30.8 Å². The molecule has 0 aliphatic carbocycles. The average Bonchev–Trinajstić information content (AvgIpc) is 2.86. The van der Waals surface area contributed by atoms with Gasteiger partial charge in [0.1, 0.15) is 12.7 Å². The van der Waals surface area contributed by atoms with Crippen LogP contribution in [0.4, 0.5) is 0 Å². The van der Waals surface area contributed by atoms with Gasteiger partial charge in [0.2, 0.25) is 5.76 Å². The SMILES string of the molecule is C/C(=C\C(=O)OCC(O)C1OC(=O)C(O)=C1O)CCCC(C)CCCC(C)C. The molecule has 3 unspecified atom stereocenters. The Hall–Kier alpha value is -2.02. The quantitative estimate of drug-likeness (QED) is 0.339. The molecule has 0 fully saturated rings. The smallest absolute Gasteiger partial charge is 0.377 e. The van der Waals surface area contributed by atoms with Gasteiger partial charge in [0.25, 0.3) is 0 Å². The first kappa shape index (κ1) is 24.0. The minimum absolute atomic E-state index is 0.467. The highest BCUT2D eigenvalue weighted by Crippen LogP contribution is 2.22. The van der Waals surface area contributed by atoms with Crippen molar-refractivity contribution in [1.29, 1.82) is 0 Å². The van der Waals surface area contributed by atoms with Gasteiger partial charge in [0.05, 0.1) is 0 Å². The summed E-state index contributed by atoms with van der Waals surface area (Å²) in [5.74, 6) is -2.03. The van der Waals surface area contributed by atoms with Crippen LogP contribution >= 0.6 is 0 Å². The zero-order valence-electron chi connectivity index (χ0n) is 17.3. The summed E-state index contributed by atoms with van der Waals surface area (Å²) in [6, 6.07) is 0. The van der Waals surface area contributed by atoms with Gasteiger partial charge in [-0.15, -0.1) is 0 Å². The monoisotopic (exact) mass is 398 g/mol. The van der Waals surface area contributed by atoms with Crippen LogP contribution in [0.2, 0.25) is 0 Å². The Balaban J connectivity index is 2.27. The van der Waals surface area contributed by atoms with Crippen LogP contribution in [-0.4, -0.2) is 46.1 Å². The Morgan fingerprint density at radius 2 is 1.82 bits per heavy atom. The lowest BCUT2D eigenvalue weighted by molar-refractivity contribution is -0.151. The predicted molar refractivity (Wildman–Crippen MR) is 105 cm³/mol. The van der Waals surface area contributed by atoms with Crippen molar-refractivity contribution in [3.63, 3.8) is 0 Å². The molecule has 3 atom stereocenters. The van der Waals surface area contributed by atoms with Gasteiger partial charge < -0.3 is 24.8 Å². The summed E-state index contributed by atoms with van der Waals surface area (Å²) in [6.07, 6.45) is 5.13. The Morgan fingerprint density at radius 1 is 1.18 bits per heavy atom. The molecule has 0 saturated heterocycles. The minimum Gasteiger partial charge on any atom is -0.505 e. The third kappa shape index (κ3) is 8.33. The molecule has 7 nitrogen and oxygen atoms in total. The number of rotatable bonds is 12. The first-order valence-corrected chi connectivity index (χ1v) is 9.96. The number of allylic oxidation sites excluding steroid dienone is 1. The third-order valence-corrected chi connectivity index (χ3v) is 4.80. The first-order valence-electron chi connectivity index (χ1n) is 9.96. The molecule has 28 heavy (non-hydrogen) atoms. The van der Waals surface area contributed by atoms with E-state index in [9.17, 15) is 24.9 Å². The molecule has 0 spiro atoms. The van der Waals surface area contributed by atoms with Gasteiger partial charge in [-0.2, -0.15) is 0 Å². The van der Waals surface area contributed by atoms with E-state index in [-0.39, 0.29) is 0 Å². The second-order valence-corrected chi connectivity index (χ2v) is 8.07. The molecule has 1 aliphatic rings. The van der Waals surface area contributed by atoms with Crippen molar-refractivity contribution in [2.45, 2.75) is 78.4 Å². The zero-order valence-corrected chi connectivity index (χ0v) is 17.3. The van der Waals surface area contributed by atoms with E-state index >= 15 is 0 Å². The van der Waals surface area contributed by atoms with Crippen LogP contribution in [0.5, 0.6) is 0 Å². The van der Waals surface area contributed by atoms with Crippen LogP contribution in [0.1, 0.15) is 66.2 Å².